The van der Waals surface area contributed by atoms with Crippen LogP contribution in [-0.2, 0) is 0 Å². The van der Waals surface area contributed by atoms with Crippen molar-refractivity contribution in [2.75, 3.05) is 7.05 Å². The van der Waals surface area contributed by atoms with Gasteiger partial charge in [-0.3, -0.25) is 0 Å². The Morgan fingerprint density at radius 2 is 1.35 bits per heavy atom. The first-order chi connectivity index (χ1) is 7.99. The quantitative estimate of drug-likeness (QED) is 0.729. The maximum Gasteiger partial charge on any atom is 0.0975 e. The first kappa shape index (κ1) is 13.3. The Morgan fingerprint density at radius 3 is 1.59 bits per heavy atom. The smallest absolute Gasteiger partial charge is 0.0975 e. The van der Waals surface area contributed by atoms with Gasteiger partial charge in [0.05, 0.1) is 23.3 Å². The topological polar surface area (TPSA) is 50.8 Å². The molecule has 0 saturated heterocycles. The minimum atomic E-state index is -0.385. The van der Waals surface area contributed by atoms with Crippen molar-refractivity contribution in [1.82, 2.24) is 4.90 Å². The number of hydrogen-bond donors (Lipinski definition) is 0. The zero-order valence-electron chi connectivity index (χ0n) is 11.3. The molecule has 1 aliphatic rings. The minimum absolute atomic E-state index is 0.385. The van der Waals surface area contributed by atoms with Crippen molar-refractivity contribution in [2.45, 2.75) is 40.5 Å². The molecule has 0 aliphatic carbocycles. The van der Waals surface area contributed by atoms with E-state index in [1.54, 1.807) is 0 Å². The predicted molar refractivity (Wildman–Crippen MR) is 67.4 cm³/mol. The molecule has 1 heterocycles. The summed E-state index contributed by atoms with van der Waals surface area (Å²) in [5, 5.41) is 18.8. The van der Waals surface area contributed by atoms with Crippen LogP contribution < -0.4 is 0 Å². The summed E-state index contributed by atoms with van der Waals surface area (Å²) in [6.45, 7) is 8.00. The molecule has 17 heavy (non-hydrogen) atoms. The van der Waals surface area contributed by atoms with Gasteiger partial charge in [-0.1, -0.05) is 13.8 Å². The monoisotopic (exact) mass is 229 g/mol. The van der Waals surface area contributed by atoms with Gasteiger partial charge < -0.3 is 4.90 Å². The Labute approximate surface area is 104 Å². The first-order valence-electron chi connectivity index (χ1n) is 5.96. The van der Waals surface area contributed by atoms with Crippen molar-refractivity contribution in [3.05, 3.63) is 22.5 Å². The van der Waals surface area contributed by atoms with Gasteiger partial charge in [0.2, 0.25) is 0 Å². The summed E-state index contributed by atoms with van der Waals surface area (Å²) in [7, 11) is 1.91. The van der Waals surface area contributed by atoms with Gasteiger partial charge in [-0.2, -0.15) is 10.5 Å². The highest BCUT2D eigenvalue weighted by atomic mass is 15.1. The molecule has 1 aliphatic heterocycles. The van der Waals surface area contributed by atoms with Crippen molar-refractivity contribution in [2.24, 2.45) is 5.41 Å². The number of rotatable bonds is 2. The van der Waals surface area contributed by atoms with Crippen LogP contribution in [0.3, 0.4) is 0 Å². The molecule has 0 aromatic carbocycles. The van der Waals surface area contributed by atoms with Crippen molar-refractivity contribution >= 4 is 0 Å². The number of nitriles is 2. The molecule has 0 aromatic rings. The SMILES string of the molecule is CCC1(CC)C(C#N)=C(C)N(C)C(C)=C1C#N. The van der Waals surface area contributed by atoms with Gasteiger partial charge in [-0.05, 0) is 26.7 Å². The van der Waals surface area contributed by atoms with Crippen LogP contribution in [0.5, 0.6) is 0 Å². The van der Waals surface area contributed by atoms with Gasteiger partial charge in [0.25, 0.3) is 0 Å². The third-order valence-corrected chi connectivity index (χ3v) is 4.12. The lowest BCUT2D eigenvalue weighted by atomic mass is 9.67. The molecule has 0 spiro atoms. The highest BCUT2D eigenvalue weighted by Gasteiger charge is 2.42. The van der Waals surface area contributed by atoms with Crippen LogP contribution in [-0.4, -0.2) is 11.9 Å². The van der Waals surface area contributed by atoms with Crippen molar-refractivity contribution < 1.29 is 0 Å². The summed E-state index contributed by atoms with van der Waals surface area (Å²) in [5.41, 5.74) is 3.03. The van der Waals surface area contributed by atoms with Gasteiger partial charge in [0, 0.05) is 23.9 Å². The molecule has 0 atom stereocenters. The molecular formula is C14H19N3. The highest BCUT2D eigenvalue weighted by Crippen LogP contribution is 2.48. The van der Waals surface area contributed by atoms with Crippen LogP contribution >= 0.6 is 0 Å². The fraction of sp³-hybridized carbons (Fsp3) is 0.571. The van der Waals surface area contributed by atoms with E-state index in [1.807, 2.05) is 39.6 Å². The number of nitrogens with zero attached hydrogens (tertiary/aromatic N) is 3. The number of allylic oxidation sites excluding steroid dienone is 4. The number of hydrogen-bond acceptors (Lipinski definition) is 3. The Bertz CT molecular complexity index is 425. The van der Waals surface area contributed by atoms with Crippen LogP contribution in [0.15, 0.2) is 22.5 Å². The maximum absolute atomic E-state index is 9.41. The van der Waals surface area contributed by atoms with Crippen LogP contribution in [0, 0.1) is 28.1 Å². The first-order valence-corrected chi connectivity index (χ1v) is 5.96. The van der Waals surface area contributed by atoms with E-state index in [0.717, 1.165) is 35.4 Å². The summed E-state index contributed by atoms with van der Waals surface area (Å²) in [6.07, 6.45) is 1.58. The van der Waals surface area contributed by atoms with Gasteiger partial charge in [0.1, 0.15) is 0 Å². The lowest BCUT2D eigenvalue weighted by Crippen LogP contribution is -2.35. The van der Waals surface area contributed by atoms with Crippen LogP contribution in [0.1, 0.15) is 40.5 Å². The second-order valence-corrected chi connectivity index (χ2v) is 4.49. The van der Waals surface area contributed by atoms with Gasteiger partial charge in [-0.15, -0.1) is 0 Å². The molecule has 0 unspecified atom stereocenters. The molecular weight excluding hydrogens is 210 g/mol. The summed E-state index contributed by atoms with van der Waals surface area (Å²) in [6, 6.07) is 4.63. The molecule has 0 aromatic heterocycles. The van der Waals surface area contributed by atoms with E-state index >= 15 is 0 Å². The van der Waals surface area contributed by atoms with E-state index in [9.17, 15) is 10.5 Å². The standard InChI is InChI=1S/C14H19N3/c1-6-14(7-2)12(8-15)10(3)17(5)11(4)13(14)9-16/h6-7H2,1-5H3. The van der Waals surface area contributed by atoms with Crippen molar-refractivity contribution in [3.8, 4) is 12.1 Å². The van der Waals surface area contributed by atoms with E-state index in [4.69, 9.17) is 0 Å². The normalized spacial score (nSPS) is 19.1. The Kier molecular flexibility index (Phi) is 3.63. The predicted octanol–water partition coefficient (Wildman–Crippen LogP) is 3.33. The molecule has 0 saturated carbocycles. The van der Waals surface area contributed by atoms with Gasteiger partial charge in [0.15, 0.2) is 0 Å². The summed E-state index contributed by atoms with van der Waals surface area (Å²) < 4.78 is 0. The molecule has 0 N–H and O–H groups in total. The zero-order chi connectivity index (χ0) is 13.2. The Balaban J connectivity index is 3.62. The minimum Gasteiger partial charge on any atom is -0.350 e. The van der Waals surface area contributed by atoms with E-state index in [2.05, 4.69) is 12.1 Å². The van der Waals surface area contributed by atoms with Crippen LogP contribution in [0.4, 0.5) is 0 Å². The second kappa shape index (κ2) is 4.63. The third kappa shape index (κ3) is 1.63. The maximum atomic E-state index is 9.41. The van der Waals surface area contributed by atoms with E-state index < -0.39 is 0 Å². The fourth-order valence-electron chi connectivity index (χ4n) is 2.74. The Morgan fingerprint density at radius 1 is 1.00 bits per heavy atom. The lowest BCUT2D eigenvalue weighted by molar-refractivity contribution is 0.356. The van der Waals surface area contributed by atoms with Crippen LogP contribution in [0.25, 0.3) is 0 Å². The zero-order valence-corrected chi connectivity index (χ0v) is 11.3. The second-order valence-electron chi connectivity index (χ2n) is 4.49. The van der Waals surface area contributed by atoms with E-state index in [0.29, 0.717) is 0 Å². The van der Waals surface area contributed by atoms with Gasteiger partial charge >= 0.3 is 0 Å². The summed E-state index contributed by atoms with van der Waals surface area (Å²) in [4.78, 5) is 1.95. The molecule has 3 heteroatoms. The van der Waals surface area contributed by atoms with Crippen LogP contribution in [0.2, 0.25) is 0 Å². The molecule has 1 rings (SSSR count). The highest BCUT2D eigenvalue weighted by molar-refractivity contribution is 5.51. The van der Waals surface area contributed by atoms with Gasteiger partial charge in [-0.25, -0.2) is 0 Å². The fourth-order valence-corrected chi connectivity index (χ4v) is 2.74. The Hall–Kier alpha value is -1.74. The molecule has 0 radical (unpaired) electrons. The lowest BCUT2D eigenvalue weighted by Gasteiger charge is -2.40. The average Bonchev–Trinajstić information content (AvgIpc) is 2.35. The van der Waals surface area contributed by atoms with Crippen molar-refractivity contribution in [1.29, 1.82) is 10.5 Å². The molecule has 0 bridgehead atoms. The summed E-state index contributed by atoms with van der Waals surface area (Å²) in [5.74, 6) is 0. The molecule has 0 amide bonds. The largest absolute Gasteiger partial charge is 0.350 e. The van der Waals surface area contributed by atoms with Crippen molar-refractivity contribution in [3.63, 3.8) is 0 Å². The summed E-state index contributed by atoms with van der Waals surface area (Å²) >= 11 is 0. The molecule has 90 valence electrons. The molecule has 3 nitrogen and oxygen atoms in total. The third-order valence-electron chi connectivity index (χ3n) is 4.12. The van der Waals surface area contributed by atoms with E-state index in [1.165, 1.54) is 0 Å². The molecule has 0 fully saturated rings. The van der Waals surface area contributed by atoms with E-state index in [-0.39, 0.29) is 5.41 Å². The average molecular weight is 229 g/mol.